The lowest BCUT2D eigenvalue weighted by atomic mass is 9.99. The first-order valence-electron chi connectivity index (χ1n) is 37.6. The van der Waals surface area contributed by atoms with Crippen molar-refractivity contribution in [2.24, 2.45) is 17.4 Å². The number of anilines is 1. The zero-order valence-corrected chi connectivity index (χ0v) is 64.7. The van der Waals surface area contributed by atoms with Crippen LogP contribution in [0.3, 0.4) is 0 Å². The SMILES string of the molecule is CC(=O)N[C@H](Cc1ccc2ccccc2c1)C(=O)N[C@H](Cc1ccc(Cl)cc1)C(=O)N[C@H](Cc1cccnc1)C(=O)N[C@@H](CO)C(=O)N[C@@H](Cc1ccc(NC(=O)[C@H]2CC(=O)NC(=O)N2)cc1)C(=O)N[C@H](CCCNC(N)=O)C(=O)N[C@@H](CC(C)C)C(=O)N[C@@H](CCCCNC(C)C)C(=O)N1CCC[C@H]1C(=O)N[C@H](C)C(N)=O. The smallest absolute Gasteiger partial charge is 0.322 e. The summed E-state index contributed by atoms with van der Waals surface area (Å²) in [5.41, 5.74) is 12.9. The molecule has 11 atom stereocenters. The number of unbranched alkanes of at least 4 members (excludes halogenated alkanes) is 1. The summed E-state index contributed by atoms with van der Waals surface area (Å²) in [6.45, 7) is 9.62. The second kappa shape index (κ2) is 43.8. The number of aliphatic hydroxyl groups is 1. The summed E-state index contributed by atoms with van der Waals surface area (Å²) >= 11 is 6.25. The van der Waals surface area contributed by atoms with E-state index in [1.807, 2.05) is 61.6 Å². The lowest BCUT2D eigenvalue weighted by molar-refractivity contribution is -0.142. The highest BCUT2D eigenvalue weighted by Gasteiger charge is 2.41. The largest absolute Gasteiger partial charge is 0.394 e. The molecule has 0 bridgehead atoms. The maximum atomic E-state index is 15.2. The Bertz CT molecular complexity index is 4180. The summed E-state index contributed by atoms with van der Waals surface area (Å²) < 4.78 is 0. The number of benzene rings is 4. The summed E-state index contributed by atoms with van der Waals surface area (Å²) in [7, 11) is 0. The number of imide groups is 1. The van der Waals surface area contributed by atoms with Crippen LogP contribution >= 0.6 is 11.6 Å². The maximum Gasteiger partial charge on any atom is 0.322 e. The van der Waals surface area contributed by atoms with E-state index >= 15 is 4.79 Å². The third-order valence-electron chi connectivity index (χ3n) is 18.8. The Morgan fingerprint density at radius 3 is 1.67 bits per heavy atom. The molecule has 0 spiro atoms. The van der Waals surface area contributed by atoms with Crippen molar-refractivity contribution in [3.05, 3.63) is 143 Å². The molecule has 1 aromatic heterocycles. The highest BCUT2D eigenvalue weighted by atomic mass is 35.5. The van der Waals surface area contributed by atoms with Gasteiger partial charge in [0.15, 0.2) is 0 Å². The van der Waals surface area contributed by atoms with E-state index in [1.54, 1.807) is 50.2 Å². The molecule has 17 amide bonds. The molecule has 2 fully saturated rings. The third-order valence-corrected chi connectivity index (χ3v) is 19.0. The first-order valence-corrected chi connectivity index (χ1v) is 38.0. The molecule has 19 N–H and O–H groups in total. The molecule has 5 aromatic rings. The van der Waals surface area contributed by atoms with Crippen LogP contribution in [0.2, 0.25) is 5.02 Å². The molecule has 0 saturated carbocycles. The van der Waals surface area contributed by atoms with Crippen molar-refractivity contribution >= 4 is 117 Å². The molecular formula is C78H103ClN18O16. The van der Waals surface area contributed by atoms with Gasteiger partial charge in [0.05, 0.1) is 13.0 Å². The lowest BCUT2D eigenvalue weighted by Crippen LogP contribution is -2.61. The number of aromatic nitrogens is 1. The Kier molecular flexibility index (Phi) is 34.3. The number of hydrogen-bond donors (Lipinski definition) is 17. The highest BCUT2D eigenvalue weighted by molar-refractivity contribution is 6.30. The minimum absolute atomic E-state index is 0.00692. The fourth-order valence-corrected chi connectivity index (χ4v) is 13.0. The minimum Gasteiger partial charge on any atom is -0.394 e. The number of nitrogens with zero attached hydrogens (tertiary/aromatic N) is 2. The van der Waals surface area contributed by atoms with Gasteiger partial charge in [-0.2, -0.15) is 0 Å². The van der Waals surface area contributed by atoms with Gasteiger partial charge in [0.1, 0.15) is 66.5 Å². The van der Waals surface area contributed by atoms with Gasteiger partial charge in [-0.15, -0.1) is 0 Å². The van der Waals surface area contributed by atoms with Crippen LogP contribution in [0.15, 0.2) is 116 Å². The van der Waals surface area contributed by atoms with Gasteiger partial charge in [0.2, 0.25) is 76.8 Å². The van der Waals surface area contributed by atoms with E-state index in [0.29, 0.717) is 47.5 Å². The van der Waals surface area contributed by atoms with E-state index in [2.05, 4.69) is 74.1 Å². The number of nitrogens with one attached hydrogen (secondary N) is 14. The van der Waals surface area contributed by atoms with Crippen molar-refractivity contribution < 1.29 is 77.0 Å². The zero-order valence-electron chi connectivity index (χ0n) is 64.0. The second-order valence-electron chi connectivity index (χ2n) is 28.8. The number of likely N-dealkylation sites (tertiary alicyclic amines) is 1. The van der Waals surface area contributed by atoms with Gasteiger partial charge in [0.25, 0.3) is 0 Å². The Morgan fingerprint density at radius 2 is 1.10 bits per heavy atom. The number of primary amides is 2. The van der Waals surface area contributed by atoms with Gasteiger partial charge < -0.3 is 90.6 Å². The number of aliphatic hydroxyl groups excluding tert-OH is 1. The monoisotopic (exact) mass is 1580 g/mol. The molecule has 113 heavy (non-hydrogen) atoms. The normalized spacial score (nSPS) is 16.3. The number of fused-ring (bicyclic) bond motifs is 1. The first-order chi connectivity index (χ1) is 53.8. The second-order valence-corrected chi connectivity index (χ2v) is 29.2. The third kappa shape index (κ3) is 28.9. The summed E-state index contributed by atoms with van der Waals surface area (Å²) in [5.74, 6) is -10.9. The molecule has 0 radical (unpaired) electrons. The van der Waals surface area contributed by atoms with E-state index in [1.165, 1.54) is 55.4 Å². The fourth-order valence-electron chi connectivity index (χ4n) is 12.8. The van der Waals surface area contributed by atoms with Crippen molar-refractivity contribution in [2.75, 3.05) is 31.6 Å². The van der Waals surface area contributed by atoms with E-state index in [0.717, 1.165) is 10.8 Å². The van der Waals surface area contributed by atoms with Crippen LogP contribution in [0.25, 0.3) is 10.8 Å². The van der Waals surface area contributed by atoms with Gasteiger partial charge in [-0.05, 0) is 134 Å². The summed E-state index contributed by atoms with van der Waals surface area (Å²) in [6, 6.07) is 11.4. The fraction of sp³-hybridized carbons (Fsp3) is 0.462. The molecule has 2 aliphatic heterocycles. The Balaban J connectivity index is 1.17. The van der Waals surface area contributed by atoms with Gasteiger partial charge in [-0.25, -0.2) is 9.59 Å². The molecule has 0 aliphatic carbocycles. The lowest BCUT2D eigenvalue weighted by Gasteiger charge is -2.31. The number of carbonyl (C=O) groups is 15. The van der Waals surface area contributed by atoms with Crippen molar-refractivity contribution in [2.45, 2.75) is 198 Å². The summed E-state index contributed by atoms with van der Waals surface area (Å²) in [6.07, 6.45) is 3.15. The van der Waals surface area contributed by atoms with E-state index in [-0.39, 0.29) is 94.1 Å². The number of hydrogen-bond acceptors (Lipinski definition) is 18. The van der Waals surface area contributed by atoms with Crippen LogP contribution in [-0.2, 0) is 88.0 Å². The Morgan fingerprint density at radius 1 is 0.566 bits per heavy atom. The standard InChI is InChI=1S/C78H103ClN18O16/c1-43(2)34-57(69(104)89-56(17-9-10-31-83-44(3)4)76(111)97-33-13-19-64(97)75(110)85-45(5)66(80)101)90-67(102)55(18-12-32-84-77(81)112)88-71(106)59(37-48-23-28-54(29-24-48)87-68(103)62-40-65(100)96-78(113)95-62)93-74(109)63(42-98)94-73(108)61(39-50-14-11-30-82-41-50)92-72(107)60(36-47-21-26-53(79)27-22-47)91-70(105)58(86-46(6)99)38-49-20-25-51-15-7-8-16-52(51)35-49/h7-8,11,14-16,20-30,35,41,43-45,55-64,83,98H,9-10,12-13,17-19,31-34,36-40,42H2,1-6H3,(H2,80,101)(H,85,110)(H,86,99)(H,87,103)(H,88,106)(H,89,104)(H,90,102)(H,91,105)(H,92,107)(H,93,109)(H,94,108)(H3,81,84,112)(H2,95,96,100,113)/t45-,55-,56+,57+,58-,59+,60-,61-,62-,63+,64+/m1/s1. The highest BCUT2D eigenvalue weighted by Crippen LogP contribution is 2.23. The number of nitrogens with two attached hydrogens (primary N) is 2. The van der Waals surface area contributed by atoms with Crippen LogP contribution in [0, 0.1) is 5.92 Å². The minimum atomic E-state index is -1.91. The average molecular weight is 1580 g/mol. The average Bonchev–Trinajstić information content (AvgIpc) is 1.72. The molecular weight excluding hydrogens is 1480 g/mol. The topological polar surface area (TPSA) is 513 Å². The predicted molar refractivity (Wildman–Crippen MR) is 418 cm³/mol. The van der Waals surface area contributed by atoms with Crippen LogP contribution < -0.4 is 85.9 Å². The van der Waals surface area contributed by atoms with Crippen molar-refractivity contribution in [1.82, 2.24) is 79.0 Å². The van der Waals surface area contributed by atoms with Crippen molar-refractivity contribution in [3.8, 4) is 0 Å². The van der Waals surface area contributed by atoms with E-state index in [9.17, 15) is 72.2 Å². The zero-order chi connectivity index (χ0) is 82.4. The molecule has 3 heterocycles. The summed E-state index contributed by atoms with van der Waals surface area (Å²) in [4.78, 5) is 212. The van der Waals surface area contributed by atoms with Crippen LogP contribution in [0.4, 0.5) is 15.3 Å². The number of urea groups is 2. The Labute approximate surface area is 659 Å². The molecule has 608 valence electrons. The number of halogens is 1. The van der Waals surface area contributed by atoms with Crippen LogP contribution in [0.5, 0.6) is 0 Å². The van der Waals surface area contributed by atoms with E-state index in [4.69, 9.17) is 23.1 Å². The molecule has 2 aliphatic rings. The predicted octanol–water partition coefficient (Wildman–Crippen LogP) is 0.230. The van der Waals surface area contributed by atoms with Crippen LogP contribution in [-0.4, -0.2) is 203 Å². The van der Waals surface area contributed by atoms with Gasteiger partial charge in [-0.1, -0.05) is 112 Å². The summed E-state index contributed by atoms with van der Waals surface area (Å²) in [5, 5.41) is 50.0. The van der Waals surface area contributed by atoms with Crippen molar-refractivity contribution in [3.63, 3.8) is 0 Å². The number of carbonyl (C=O) groups excluding carboxylic acids is 15. The maximum absolute atomic E-state index is 15.2. The number of amides is 17. The van der Waals surface area contributed by atoms with Gasteiger partial charge >= 0.3 is 12.1 Å². The molecule has 2 saturated heterocycles. The van der Waals surface area contributed by atoms with Crippen molar-refractivity contribution in [1.29, 1.82) is 0 Å². The first kappa shape index (κ1) is 88.6. The quantitative estimate of drug-likeness (QED) is 0.0233. The molecule has 35 heteroatoms. The molecule has 7 rings (SSSR count). The molecule has 4 aromatic carbocycles. The van der Waals surface area contributed by atoms with Gasteiger partial charge in [-0.3, -0.25) is 72.6 Å². The molecule has 0 unspecified atom stereocenters. The Hall–Kier alpha value is -11.6. The number of rotatable bonds is 42. The molecule has 34 nitrogen and oxygen atoms in total. The van der Waals surface area contributed by atoms with Gasteiger partial charge in [0, 0.05) is 74.8 Å². The van der Waals surface area contributed by atoms with Crippen LogP contribution in [0.1, 0.15) is 122 Å². The van der Waals surface area contributed by atoms with E-state index < -0.39 is 168 Å². The number of pyridine rings is 1.